The summed E-state index contributed by atoms with van der Waals surface area (Å²) in [5, 5.41) is 4.72. The van der Waals surface area contributed by atoms with Crippen LogP contribution in [0, 0.1) is 6.92 Å². The molecule has 0 N–H and O–H groups in total. The van der Waals surface area contributed by atoms with Crippen LogP contribution >= 0.6 is 0 Å². The zero-order chi connectivity index (χ0) is 11.7. The molecule has 0 saturated heterocycles. The van der Waals surface area contributed by atoms with Crippen LogP contribution in [0.2, 0.25) is 0 Å². The Balaban J connectivity index is 2.86. The van der Waals surface area contributed by atoms with Crippen LogP contribution in [0.25, 0.3) is 23.4 Å². The minimum absolute atomic E-state index is 1.05. The lowest BCUT2D eigenvalue weighted by Crippen LogP contribution is -2.23. The van der Waals surface area contributed by atoms with Crippen molar-refractivity contribution in [2.24, 2.45) is 0 Å². The predicted molar refractivity (Wildman–Crippen MR) is 72.7 cm³/mol. The Morgan fingerprint density at radius 2 is 1.94 bits per heavy atom. The monoisotopic (exact) mass is 208 g/mol. The Kier molecular flexibility index (Phi) is 2.66. The Labute approximate surface area is 96.2 Å². The first kappa shape index (κ1) is 10.7. The minimum Gasteiger partial charge on any atom is -0.0961 e. The van der Waals surface area contributed by atoms with Crippen molar-refractivity contribution in [2.45, 2.75) is 13.8 Å². The van der Waals surface area contributed by atoms with Crippen molar-refractivity contribution in [3.05, 3.63) is 58.5 Å². The van der Waals surface area contributed by atoms with Crippen LogP contribution in [-0.2, 0) is 0 Å². The molecule has 0 unspecified atom stereocenters. The van der Waals surface area contributed by atoms with Crippen molar-refractivity contribution in [2.75, 3.05) is 0 Å². The summed E-state index contributed by atoms with van der Waals surface area (Å²) in [7, 11) is 0. The van der Waals surface area contributed by atoms with Crippen LogP contribution in [0.5, 0.6) is 0 Å². The van der Waals surface area contributed by atoms with Gasteiger partial charge in [0.25, 0.3) is 0 Å². The van der Waals surface area contributed by atoms with Crippen LogP contribution in [0.4, 0.5) is 0 Å². The van der Waals surface area contributed by atoms with Gasteiger partial charge in [-0.25, -0.2) is 0 Å². The van der Waals surface area contributed by atoms with Crippen LogP contribution < -0.4 is 10.4 Å². The molecule has 0 amide bonds. The third kappa shape index (κ3) is 1.92. The second kappa shape index (κ2) is 3.97. The van der Waals surface area contributed by atoms with Gasteiger partial charge in [-0.1, -0.05) is 60.7 Å². The third-order valence-electron chi connectivity index (χ3n) is 2.73. The molecule has 0 spiro atoms. The number of hydrogen-bond acceptors (Lipinski definition) is 0. The van der Waals surface area contributed by atoms with E-state index in [9.17, 15) is 0 Å². The van der Waals surface area contributed by atoms with Crippen molar-refractivity contribution in [1.29, 1.82) is 0 Å². The van der Waals surface area contributed by atoms with E-state index >= 15 is 0 Å². The molecule has 0 atom stereocenters. The van der Waals surface area contributed by atoms with Crippen LogP contribution in [0.1, 0.15) is 12.5 Å². The van der Waals surface area contributed by atoms with Gasteiger partial charge in [-0.15, -0.1) is 0 Å². The topological polar surface area (TPSA) is 0 Å². The Hall–Kier alpha value is -1.82. The fourth-order valence-corrected chi connectivity index (χ4v) is 1.93. The minimum atomic E-state index is 1.05. The fraction of sp³-hybridized carbons (Fsp3) is 0.125. The molecule has 16 heavy (non-hydrogen) atoms. The molecular weight excluding hydrogens is 192 g/mol. The molecule has 0 heteroatoms. The molecule has 0 aliphatic rings. The number of fused-ring (bicyclic) bond motifs is 1. The highest BCUT2D eigenvalue weighted by Crippen LogP contribution is 2.10. The Morgan fingerprint density at radius 1 is 1.19 bits per heavy atom. The van der Waals surface area contributed by atoms with Crippen molar-refractivity contribution in [3.8, 4) is 0 Å². The summed E-state index contributed by atoms with van der Waals surface area (Å²) >= 11 is 0. The SMILES string of the molecule is C=C(C)/C=c1/ccc2cc(C)ccc2c1=C. The summed E-state index contributed by atoms with van der Waals surface area (Å²) in [6.45, 7) is 12.2. The number of aryl methyl sites for hydroxylation is 1. The Morgan fingerprint density at radius 3 is 2.62 bits per heavy atom. The summed E-state index contributed by atoms with van der Waals surface area (Å²) in [5.74, 6) is 0. The number of rotatable bonds is 1. The normalized spacial score (nSPS) is 12.0. The second-order valence-corrected chi connectivity index (χ2v) is 4.35. The molecule has 0 aromatic heterocycles. The summed E-state index contributed by atoms with van der Waals surface area (Å²) in [5.41, 5.74) is 2.33. The molecule has 0 saturated carbocycles. The van der Waals surface area contributed by atoms with Gasteiger partial charge in [0.15, 0.2) is 0 Å². The van der Waals surface area contributed by atoms with Gasteiger partial charge in [0.1, 0.15) is 0 Å². The number of allylic oxidation sites excluding steroid dienone is 1. The zero-order valence-electron chi connectivity index (χ0n) is 9.88. The maximum atomic E-state index is 4.16. The molecule has 2 rings (SSSR count). The van der Waals surface area contributed by atoms with E-state index in [2.05, 4.69) is 56.5 Å². The maximum absolute atomic E-state index is 4.16. The lowest BCUT2D eigenvalue weighted by molar-refractivity contribution is 1.48. The van der Waals surface area contributed by atoms with Crippen molar-refractivity contribution in [3.63, 3.8) is 0 Å². The van der Waals surface area contributed by atoms with E-state index in [0.717, 1.165) is 16.0 Å². The van der Waals surface area contributed by atoms with Crippen molar-refractivity contribution in [1.82, 2.24) is 0 Å². The van der Waals surface area contributed by atoms with Gasteiger partial charge in [-0.3, -0.25) is 0 Å². The highest BCUT2D eigenvalue weighted by Gasteiger charge is 1.95. The molecule has 0 aliphatic carbocycles. The van der Waals surface area contributed by atoms with E-state index in [-0.39, 0.29) is 0 Å². The predicted octanol–water partition coefficient (Wildman–Crippen LogP) is 2.92. The second-order valence-electron chi connectivity index (χ2n) is 4.35. The average molecular weight is 208 g/mol. The van der Waals surface area contributed by atoms with E-state index in [1.165, 1.54) is 16.3 Å². The summed E-state index contributed by atoms with van der Waals surface area (Å²) in [6, 6.07) is 10.7. The lowest BCUT2D eigenvalue weighted by atomic mass is 10.0. The molecule has 80 valence electrons. The van der Waals surface area contributed by atoms with Crippen molar-refractivity contribution < 1.29 is 0 Å². The van der Waals surface area contributed by atoms with E-state index in [4.69, 9.17) is 0 Å². The quantitative estimate of drug-likeness (QED) is 0.676. The number of hydrogen-bond donors (Lipinski definition) is 0. The molecule has 2 aromatic carbocycles. The largest absolute Gasteiger partial charge is 0.0961 e. The van der Waals surface area contributed by atoms with Gasteiger partial charge in [0.2, 0.25) is 0 Å². The summed E-state index contributed by atoms with van der Waals surface area (Å²) in [6.07, 6.45) is 2.07. The van der Waals surface area contributed by atoms with Gasteiger partial charge in [0.05, 0.1) is 0 Å². The van der Waals surface area contributed by atoms with E-state index in [1.54, 1.807) is 0 Å². The molecule has 2 aromatic rings. The molecule has 0 nitrogen and oxygen atoms in total. The highest BCUT2D eigenvalue weighted by molar-refractivity contribution is 5.84. The van der Waals surface area contributed by atoms with Crippen molar-refractivity contribution >= 4 is 23.4 Å². The molecule has 0 fully saturated rings. The number of benzene rings is 2. The van der Waals surface area contributed by atoms with Gasteiger partial charge in [-0.2, -0.15) is 0 Å². The van der Waals surface area contributed by atoms with Crippen LogP contribution in [-0.4, -0.2) is 0 Å². The molecule has 0 bridgehead atoms. The van der Waals surface area contributed by atoms with Crippen LogP contribution in [0.3, 0.4) is 0 Å². The highest BCUT2D eigenvalue weighted by atomic mass is 14.0. The molecular formula is C16H16. The third-order valence-corrected chi connectivity index (χ3v) is 2.73. The summed E-state index contributed by atoms with van der Waals surface area (Å²) in [4.78, 5) is 0. The van der Waals surface area contributed by atoms with Gasteiger partial charge < -0.3 is 0 Å². The molecule has 0 heterocycles. The first-order valence-electron chi connectivity index (χ1n) is 5.43. The standard InChI is InChI=1S/C16H16/c1-11(2)9-14-6-7-15-10-12(3)5-8-16(15)13(14)4/h5-10H,1,4H2,2-3H3/b14-9-. The average Bonchev–Trinajstić information content (AvgIpc) is 2.22. The fourth-order valence-electron chi connectivity index (χ4n) is 1.93. The van der Waals surface area contributed by atoms with E-state index in [1.807, 2.05) is 6.92 Å². The zero-order valence-corrected chi connectivity index (χ0v) is 9.88. The van der Waals surface area contributed by atoms with Gasteiger partial charge in [0, 0.05) is 0 Å². The van der Waals surface area contributed by atoms with Crippen LogP contribution in [0.15, 0.2) is 42.5 Å². The summed E-state index contributed by atoms with van der Waals surface area (Å²) < 4.78 is 0. The first-order valence-corrected chi connectivity index (χ1v) is 5.43. The molecule has 0 aliphatic heterocycles. The van der Waals surface area contributed by atoms with E-state index in [0.29, 0.717) is 0 Å². The lowest BCUT2D eigenvalue weighted by Gasteiger charge is -2.01. The maximum Gasteiger partial charge on any atom is -0.0111 e. The van der Waals surface area contributed by atoms with Gasteiger partial charge >= 0.3 is 0 Å². The van der Waals surface area contributed by atoms with E-state index < -0.39 is 0 Å². The molecule has 0 radical (unpaired) electrons. The van der Waals surface area contributed by atoms with Gasteiger partial charge in [-0.05, 0) is 35.1 Å². The Bertz CT molecular complexity index is 660. The smallest absolute Gasteiger partial charge is 0.0111 e. The first-order chi connectivity index (χ1) is 7.58.